The van der Waals surface area contributed by atoms with Gasteiger partial charge >= 0.3 is 0 Å². The first-order valence-electron chi connectivity index (χ1n) is 4.75. The summed E-state index contributed by atoms with van der Waals surface area (Å²) in [4.78, 5) is 5.01. The van der Waals surface area contributed by atoms with Crippen LogP contribution in [-0.2, 0) is 4.74 Å². The van der Waals surface area contributed by atoms with Crippen LogP contribution in [0.3, 0.4) is 0 Å². The third kappa shape index (κ3) is 1.87. The Morgan fingerprint density at radius 1 is 1.50 bits per heavy atom. The van der Waals surface area contributed by atoms with Gasteiger partial charge in [-0.3, -0.25) is 4.90 Å². The standard InChI is InChI=1S/C9H13N3O4/c10-7-1-2-12(9(15)11-7)8-6(14)3-5(4-13)16-8/h1-3,6,8-9,13-15H,4H2,(H2,10,11). The Morgan fingerprint density at radius 2 is 2.25 bits per heavy atom. The summed E-state index contributed by atoms with van der Waals surface area (Å²) in [7, 11) is 0. The number of ether oxygens (including phenoxy) is 1. The highest BCUT2D eigenvalue weighted by molar-refractivity contribution is 5.91. The van der Waals surface area contributed by atoms with E-state index in [0.29, 0.717) is 0 Å². The maximum atomic E-state index is 9.65. The molecule has 0 spiro atoms. The molecule has 7 heteroatoms. The number of nitrogens with zero attached hydrogens (tertiary/aromatic N) is 2. The molecule has 0 saturated carbocycles. The van der Waals surface area contributed by atoms with E-state index in [-0.39, 0.29) is 18.2 Å². The Hall–Kier alpha value is -1.57. The number of nitrogens with two attached hydrogens (primary N) is 1. The monoisotopic (exact) mass is 227 g/mol. The van der Waals surface area contributed by atoms with Gasteiger partial charge in [-0.25, -0.2) is 4.99 Å². The second-order valence-corrected chi connectivity index (χ2v) is 3.45. The van der Waals surface area contributed by atoms with Crippen molar-refractivity contribution in [2.45, 2.75) is 18.7 Å². The lowest BCUT2D eigenvalue weighted by Gasteiger charge is -2.32. The van der Waals surface area contributed by atoms with Crippen LogP contribution in [0.1, 0.15) is 0 Å². The lowest BCUT2D eigenvalue weighted by molar-refractivity contribution is -0.108. The first-order valence-corrected chi connectivity index (χ1v) is 4.75. The first-order chi connectivity index (χ1) is 7.61. The number of hydrogen-bond acceptors (Lipinski definition) is 7. The summed E-state index contributed by atoms with van der Waals surface area (Å²) in [5, 5.41) is 28.1. The van der Waals surface area contributed by atoms with Gasteiger partial charge in [0.2, 0.25) is 12.6 Å². The Morgan fingerprint density at radius 3 is 2.81 bits per heavy atom. The lowest BCUT2D eigenvalue weighted by atomic mass is 10.3. The summed E-state index contributed by atoms with van der Waals surface area (Å²) in [5.41, 5.74) is 5.39. The van der Waals surface area contributed by atoms with E-state index in [1.165, 1.54) is 23.3 Å². The van der Waals surface area contributed by atoms with Crippen LogP contribution in [0, 0.1) is 0 Å². The van der Waals surface area contributed by atoms with Gasteiger partial charge in [0, 0.05) is 6.20 Å². The zero-order chi connectivity index (χ0) is 11.7. The molecule has 0 aliphatic carbocycles. The van der Waals surface area contributed by atoms with Crippen molar-refractivity contribution in [2.75, 3.05) is 6.61 Å². The van der Waals surface area contributed by atoms with Crippen LogP contribution in [0.15, 0.2) is 29.1 Å². The molecule has 2 heterocycles. The molecule has 0 fully saturated rings. The fourth-order valence-electron chi connectivity index (χ4n) is 1.56. The molecule has 0 bridgehead atoms. The molecule has 7 nitrogen and oxygen atoms in total. The van der Waals surface area contributed by atoms with Crippen LogP contribution >= 0.6 is 0 Å². The summed E-state index contributed by atoms with van der Waals surface area (Å²) in [6, 6.07) is 0. The van der Waals surface area contributed by atoms with Gasteiger partial charge in [-0.05, 0) is 12.2 Å². The fraction of sp³-hybridized carbons (Fsp3) is 0.444. The van der Waals surface area contributed by atoms with Crippen molar-refractivity contribution in [2.24, 2.45) is 10.7 Å². The summed E-state index contributed by atoms with van der Waals surface area (Å²) in [6.07, 6.45) is 1.42. The zero-order valence-electron chi connectivity index (χ0n) is 8.39. The van der Waals surface area contributed by atoms with Gasteiger partial charge in [0.15, 0.2) is 0 Å². The highest BCUT2D eigenvalue weighted by Crippen LogP contribution is 2.23. The molecular weight excluding hydrogens is 214 g/mol. The summed E-state index contributed by atoms with van der Waals surface area (Å²) < 4.78 is 5.23. The molecule has 0 aromatic heterocycles. The van der Waals surface area contributed by atoms with E-state index in [1.54, 1.807) is 0 Å². The third-order valence-corrected chi connectivity index (χ3v) is 2.32. The van der Waals surface area contributed by atoms with Gasteiger partial charge < -0.3 is 25.8 Å². The van der Waals surface area contributed by atoms with Gasteiger partial charge in [-0.1, -0.05) is 0 Å². The van der Waals surface area contributed by atoms with Crippen LogP contribution in [0.2, 0.25) is 0 Å². The molecule has 0 radical (unpaired) electrons. The van der Waals surface area contributed by atoms with Crippen molar-refractivity contribution in [3.05, 3.63) is 24.1 Å². The Kier molecular flexibility index (Phi) is 2.82. The number of hydrogen-bond donors (Lipinski definition) is 4. The molecule has 2 aliphatic rings. The molecule has 0 saturated heterocycles. The second kappa shape index (κ2) is 4.12. The van der Waals surface area contributed by atoms with E-state index in [1.807, 2.05) is 0 Å². The molecule has 0 aromatic rings. The van der Waals surface area contributed by atoms with Crippen molar-refractivity contribution < 1.29 is 20.1 Å². The van der Waals surface area contributed by atoms with Crippen LogP contribution in [0.25, 0.3) is 0 Å². The van der Waals surface area contributed by atoms with Crippen molar-refractivity contribution in [3.8, 4) is 0 Å². The highest BCUT2D eigenvalue weighted by Gasteiger charge is 2.35. The third-order valence-electron chi connectivity index (χ3n) is 2.32. The molecule has 0 aromatic carbocycles. The normalized spacial score (nSPS) is 33.4. The summed E-state index contributed by atoms with van der Waals surface area (Å²) >= 11 is 0. The Bertz CT molecular complexity index is 366. The number of rotatable bonds is 2. The van der Waals surface area contributed by atoms with Gasteiger partial charge in [-0.2, -0.15) is 0 Å². The van der Waals surface area contributed by atoms with Gasteiger partial charge in [0.25, 0.3) is 0 Å². The van der Waals surface area contributed by atoms with Crippen LogP contribution < -0.4 is 5.73 Å². The first kappa shape index (κ1) is 10.9. The van der Waals surface area contributed by atoms with E-state index in [2.05, 4.69) is 4.99 Å². The average Bonchev–Trinajstić information content (AvgIpc) is 2.60. The number of aliphatic hydroxyl groups excluding tert-OH is 3. The molecule has 2 rings (SSSR count). The van der Waals surface area contributed by atoms with E-state index in [4.69, 9.17) is 15.6 Å². The molecular formula is C9H13N3O4. The minimum absolute atomic E-state index is 0.201. The van der Waals surface area contributed by atoms with Crippen molar-refractivity contribution in [1.29, 1.82) is 0 Å². The van der Waals surface area contributed by atoms with E-state index >= 15 is 0 Å². The quantitative estimate of drug-likeness (QED) is 0.436. The molecule has 5 N–H and O–H groups in total. The van der Waals surface area contributed by atoms with Crippen molar-refractivity contribution in [3.63, 3.8) is 0 Å². The lowest BCUT2D eigenvalue weighted by Crippen LogP contribution is -2.46. The van der Waals surface area contributed by atoms with Gasteiger partial charge in [-0.15, -0.1) is 0 Å². The second-order valence-electron chi connectivity index (χ2n) is 3.45. The van der Waals surface area contributed by atoms with E-state index in [9.17, 15) is 10.2 Å². The fourth-order valence-corrected chi connectivity index (χ4v) is 1.56. The maximum Gasteiger partial charge on any atom is 0.230 e. The number of amidine groups is 1. The smallest absolute Gasteiger partial charge is 0.230 e. The molecule has 0 amide bonds. The molecule has 3 unspecified atom stereocenters. The van der Waals surface area contributed by atoms with E-state index < -0.39 is 18.7 Å². The minimum Gasteiger partial charge on any atom is -0.469 e. The van der Waals surface area contributed by atoms with Crippen LogP contribution in [0.5, 0.6) is 0 Å². The molecule has 3 atom stereocenters. The molecule has 16 heavy (non-hydrogen) atoms. The SMILES string of the molecule is NC1=NC(O)N(C2OC(CO)=CC2O)C=C1. The topological polar surface area (TPSA) is 112 Å². The predicted molar refractivity (Wildman–Crippen MR) is 54.7 cm³/mol. The van der Waals surface area contributed by atoms with Gasteiger partial charge in [0.05, 0.1) is 0 Å². The maximum absolute atomic E-state index is 9.65. The van der Waals surface area contributed by atoms with Crippen molar-refractivity contribution in [1.82, 2.24) is 4.90 Å². The summed E-state index contributed by atoms with van der Waals surface area (Å²) in [6.45, 7) is -0.299. The highest BCUT2D eigenvalue weighted by atomic mass is 16.5. The molecule has 2 aliphatic heterocycles. The Balaban J connectivity index is 2.08. The van der Waals surface area contributed by atoms with Crippen LogP contribution in [-0.4, -0.2) is 51.3 Å². The number of aliphatic hydroxyl groups is 3. The van der Waals surface area contributed by atoms with Crippen molar-refractivity contribution >= 4 is 5.84 Å². The van der Waals surface area contributed by atoms with Crippen LogP contribution in [0.4, 0.5) is 0 Å². The predicted octanol–water partition coefficient (Wildman–Crippen LogP) is -1.96. The van der Waals surface area contributed by atoms with Gasteiger partial charge in [0.1, 0.15) is 24.3 Å². The zero-order valence-corrected chi connectivity index (χ0v) is 8.39. The summed E-state index contributed by atoms with van der Waals surface area (Å²) in [5.74, 6) is 0.465. The molecule has 88 valence electrons. The minimum atomic E-state index is -1.20. The largest absolute Gasteiger partial charge is 0.469 e. The Labute approximate surface area is 91.8 Å². The average molecular weight is 227 g/mol. The number of aliphatic imine (C=N–C) groups is 1. The van der Waals surface area contributed by atoms with E-state index in [0.717, 1.165) is 0 Å².